The molecular formula is C15H21ClN2O3. The van der Waals surface area contributed by atoms with E-state index in [1.807, 2.05) is 0 Å². The smallest absolute Gasteiger partial charge is 0.317 e. The molecule has 1 aromatic carbocycles. The summed E-state index contributed by atoms with van der Waals surface area (Å²) in [6.45, 7) is 0.676. The second-order valence-corrected chi connectivity index (χ2v) is 5.84. The van der Waals surface area contributed by atoms with Crippen LogP contribution in [-0.2, 0) is 6.54 Å². The maximum Gasteiger partial charge on any atom is 0.317 e. The van der Waals surface area contributed by atoms with Crippen molar-refractivity contribution in [1.29, 1.82) is 0 Å². The normalized spacial score (nSPS) is 15.4. The van der Waals surface area contributed by atoms with E-state index >= 15 is 0 Å². The molecule has 0 heterocycles. The summed E-state index contributed by atoms with van der Waals surface area (Å²) in [7, 11) is 3.25. The number of rotatable bonds is 6. The Labute approximate surface area is 129 Å². The van der Waals surface area contributed by atoms with Crippen LogP contribution in [0.1, 0.15) is 18.4 Å². The van der Waals surface area contributed by atoms with E-state index in [-0.39, 0.29) is 6.03 Å². The number of hydrogen-bond donors (Lipinski definition) is 2. The zero-order valence-corrected chi connectivity index (χ0v) is 13.1. The highest BCUT2D eigenvalue weighted by Crippen LogP contribution is 2.32. The van der Waals surface area contributed by atoms with Crippen molar-refractivity contribution in [3.8, 4) is 5.75 Å². The molecule has 0 aromatic heterocycles. The van der Waals surface area contributed by atoms with Crippen LogP contribution in [0.15, 0.2) is 18.2 Å². The summed E-state index contributed by atoms with van der Waals surface area (Å²) in [4.78, 5) is 13.5. The van der Waals surface area contributed by atoms with E-state index in [4.69, 9.17) is 16.3 Å². The predicted octanol–water partition coefficient (Wildman–Crippen LogP) is 2.26. The lowest BCUT2D eigenvalue weighted by atomic mass is 10.2. The maximum absolute atomic E-state index is 12.0. The van der Waals surface area contributed by atoms with Gasteiger partial charge in [-0.25, -0.2) is 4.79 Å². The Balaban J connectivity index is 1.86. The first-order chi connectivity index (χ1) is 10.0. The summed E-state index contributed by atoms with van der Waals surface area (Å²) in [5, 5.41) is 13.3. The number of carbonyl (C=O) groups is 1. The number of nitrogens with zero attached hydrogens (tertiary/aromatic N) is 1. The summed E-state index contributed by atoms with van der Waals surface area (Å²) < 4.78 is 5.23. The van der Waals surface area contributed by atoms with Gasteiger partial charge in [-0.15, -0.1) is 0 Å². The first-order valence-electron chi connectivity index (χ1n) is 7.00. The molecule has 2 rings (SSSR count). The van der Waals surface area contributed by atoms with Gasteiger partial charge >= 0.3 is 6.03 Å². The van der Waals surface area contributed by atoms with Crippen LogP contribution >= 0.6 is 11.6 Å². The molecule has 21 heavy (non-hydrogen) atoms. The Kier molecular flexibility index (Phi) is 5.31. The minimum absolute atomic E-state index is 0.225. The molecule has 0 radical (unpaired) electrons. The summed E-state index contributed by atoms with van der Waals surface area (Å²) in [6.07, 6.45) is 1.67. The van der Waals surface area contributed by atoms with Gasteiger partial charge in [0.25, 0.3) is 0 Å². The van der Waals surface area contributed by atoms with E-state index < -0.39 is 6.10 Å². The van der Waals surface area contributed by atoms with Gasteiger partial charge in [-0.2, -0.15) is 0 Å². The minimum atomic E-state index is -0.429. The van der Waals surface area contributed by atoms with Crippen molar-refractivity contribution in [2.24, 2.45) is 5.92 Å². The number of aliphatic hydroxyl groups excluding tert-OH is 1. The first-order valence-corrected chi connectivity index (χ1v) is 7.38. The highest BCUT2D eigenvalue weighted by molar-refractivity contribution is 6.30. The zero-order valence-electron chi connectivity index (χ0n) is 12.3. The molecule has 6 heteroatoms. The summed E-state index contributed by atoms with van der Waals surface area (Å²) in [6, 6.07) is 5.05. The van der Waals surface area contributed by atoms with E-state index in [1.54, 1.807) is 32.4 Å². The maximum atomic E-state index is 12.0. The molecule has 2 N–H and O–H groups in total. The molecular weight excluding hydrogens is 292 g/mol. The van der Waals surface area contributed by atoms with Crippen molar-refractivity contribution < 1.29 is 14.6 Å². The van der Waals surface area contributed by atoms with Crippen LogP contribution in [0.5, 0.6) is 5.75 Å². The molecule has 1 saturated carbocycles. The van der Waals surface area contributed by atoms with Gasteiger partial charge in [0.1, 0.15) is 5.75 Å². The van der Waals surface area contributed by atoms with Gasteiger partial charge in [-0.1, -0.05) is 11.6 Å². The first kappa shape index (κ1) is 15.9. The number of amides is 2. The van der Waals surface area contributed by atoms with E-state index in [1.165, 1.54) is 4.90 Å². The lowest BCUT2D eigenvalue weighted by Crippen LogP contribution is -2.41. The second-order valence-electron chi connectivity index (χ2n) is 5.40. The summed E-state index contributed by atoms with van der Waals surface area (Å²) in [5.74, 6) is 1.04. The molecule has 2 amide bonds. The van der Waals surface area contributed by atoms with Crippen molar-refractivity contribution in [3.63, 3.8) is 0 Å². The fourth-order valence-electron chi connectivity index (χ4n) is 2.18. The lowest BCUT2D eigenvalue weighted by molar-refractivity contribution is 0.113. The zero-order chi connectivity index (χ0) is 15.4. The van der Waals surface area contributed by atoms with Gasteiger partial charge in [0.15, 0.2) is 0 Å². The number of ether oxygens (including phenoxy) is 1. The highest BCUT2D eigenvalue weighted by Gasteiger charge is 2.31. The van der Waals surface area contributed by atoms with Crippen LogP contribution in [0, 0.1) is 5.92 Å². The molecule has 1 aliphatic rings. The van der Waals surface area contributed by atoms with Gasteiger partial charge in [0.05, 0.1) is 13.2 Å². The molecule has 1 atom stereocenters. The van der Waals surface area contributed by atoms with Gasteiger partial charge in [-0.3, -0.25) is 0 Å². The Morgan fingerprint density at radius 2 is 2.29 bits per heavy atom. The van der Waals surface area contributed by atoms with E-state index in [0.29, 0.717) is 29.8 Å². The van der Waals surface area contributed by atoms with E-state index in [2.05, 4.69) is 5.32 Å². The summed E-state index contributed by atoms with van der Waals surface area (Å²) in [5.41, 5.74) is 0.814. The predicted molar refractivity (Wildman–Crippen MR) is 81.6 cm³/mol. The Morgan fingerprint density at radius 1 is 1.57 bits per heavy atom. The average Bonchev–Trinajstić information content (AvgIpc) is 3.29. The van der Waals surface area contributed by atoms with Gasteiger partial charge in [-0.05, 0) is 37.0 Å². The number of benzene rings is 1. The highest BCUT2D eigenvalue weighted by atomic mass is 35.5. The fourth-order valence-corrected chi connectivity index (χ4v) is 2.38. The van der Waals surface area contributed by atoms with Crippen molar-refractivity contribution in [2.45, 2.75) is 25.5 Å². The summed E-state index contributed by atoms with van der Waals surface area (Å²) >= 11 is 5.95. The van der Waals surface area contributed by atoms with Crippen molar-refractivity contribution in [1.82, 2.24) is 10.2 Å². The van der Waals surface area contributed by atoms with Crippen LogP contribution in [0.3, 0.4) is 0 Å². The van der Waals surface area contributed by atoms with E-state index in [9.17, 15) is 9.90 Å². The number of nitrogens with one attached hydrogen (secondary N) is 1. The number of likely N-dealkylation sites (N-methyl/N-ethyl adjacent to an activating group) is 1. The third kappa shape index (κ3) is 4.51. The number of aliphatic hydroxyl groups is 1. The number of carbonyl (C=O) groups excluding carboxylic acids is 1. The molecule has 1 fully saturated rings. The van der Waals surface area contributed by atoms with Gasteiger partial charge < -0.3 is 20.1 Å². The van der Waals surface area contributed by atoms with Gasteiger partial charge in [0, 0.05) is 30.7 Å². The van der Waals surface area contributed by atoms with Crippen LogP contribution < -0.4 is 10.1 Å². The van der Waals surface area contributed by atoms with Crippen LogP contribution in [0.2, 0.25) is 5.02 Å². The largest absolute Gasteiger partial charge is 0.496 e. The molecule has 1 aromatic rings. The van der Waals surface area contributed by atoms with Crippen molar-refractivity contribution >= 4 is 17.6 Å². The molecule has 0 spiro atoms. The van der Waals surface area contributed by atoms with Crippen LogP contribution in [0.25, 0.3) is 0 Å². The SMILES string of the molecule is COc1ccc(Cl)cc1CNC(=O)N(C)C[C@@H](O)C1CC1. The van der Waals surface area contributed by atoms with Crippen LogP contribution in [-0.4, -0.2) is 42.8 Å². The third-order valence-corrected chi connectivity index (χ3v) is 3.88. The van der Waals surface area contributed by atoms with Crippen molar-refractivity contribution in [2.75, 3.05) is 20.7 Å². The van der Waals surface area contributed by atoms with E-state index in [0.717, 1.165) is 18.4 Å². The Hall–Kier alpha value is -1.46. The standard InChI is InChI=1S/C15H21ClN2O3/c1-18(9-13(19)10-3-4-10)15(20)17-8-11-7-12(16)5-6-14(11)21-2/h5-7,10,13,19H,3-4,8-9H2,1-2H3,(H,17,20)/t13-/m1/s1. The quantitative estimate of drug-likeness (QED) is 0.847. The lowest BCUT2D eigenvalue weighted by Gasteiger charge is -2.21. The Bertz CT molecular complexity index is 506. The van der Waals surface area contributed by atoms with Crippen molar-refractivity contribution in [3.05, 3.63) is 28.8 Å². The van der Waals surface area contributed by atoms with Crippen LogP contribution in [0.4, 0.5) is 4.79 Å². The average molecular weight is 313 g/mol. The number of hydrogen-bond acceptors (Lipinski definition) is 3. The van der Waals surface area contributed by atoms with Gasteiger partial charge in [0.2, 0.25) is 0 Å². The molecule has 0 unspecified atom stereocenters. The number of halogens is 1. The molecule has 5 nitrogen and oxygen atoms in total. The molecule has 116 valence electrons. The second kappa shape index (κ2) is 7.00. The molecule has 1 aliphatic carbocycles. The monoisotopic (exact) mass is 312 g/mol. The third-order valence-electron chi connectivity index (χ3n) is 3.65. The molecule has 0 aliphatic heterocycles. The Morgan fingerprint density at radius 3 is 2.90 bits per heavy atom. The molecule has 0 bridgehead atoms. The minimum Gasteiger partial charge on any atom is -0.496 e. The topological polar surface area (TPSA) is 61.8 Å². The number of methoxy groups -OCH3 is 1. The molecule has 0 saturated heterocycles. The number of urea groups is 1. The fraction of sp³-hybridized carbons (Fsp3) is 0.533.